The minimum Gasteiger partial charge on any atom is -0.450 e. The fourth-order valence-corrected chi connectivity index (χ4v) is 3.85. The van der Waals surface area contributed by atoms with Crippen molar-refractivity contribution in [1.82, 2.24) is 9.88 Å². The highest BCUT2D eigenvalue weighted by Crippen LogP contribution is 2.28. The van der Waals surface area contributed by atoms with Crippen LogP contribution in [0.15, 0.2) is 24.3 Å². The summed E-state index contributed by atoms with van der Waals surface area (Å²) >= 11 is 1.43. The van der Waals surface area contributed by atoms with E-state index < -0.39 is 6.09 Å². The summed E-state index contributed by atoms with van der Waals surface area (Å²) in [5, 5.41) is 6.12. The Morgan fingerprint density at radius 1 is 1.35 bits per heavy atom. The van der Waals surface area contributed by atoms with Crippen LogP contribution in [0, 0.1) is 6.92 Å². The molecule has 2 aromatic rings. The van der Waals surface area contributed by atoms with Gasteiger partial charge < -0.3 is 10.1 Å². The van der Waals surface area contributed by atoms with Crippen LogP contribution in [0.2, 0.25) is 0 Å². The first-order valence-corrected chi connectivity index (χ1v) is 9.36. The highest BCUT2D eigenvalue weighted by atomic mass is 32.1. The molecule has 0 radical (unpaired) electrons. The molecule has 2 N–H and O–H groups in total. The van der Waals surface area contributed by atoms with Crippen molar-refractivity contribution in [3.63, 3.8) is 0 Å². The Bertz CT molecular complexity index is 805. The SMILES string of the molecule is CCOC(=O)Nc1nc2c(s1)CN(CC(=O)Nc1cccc(C)c1)CC2. The fraction of sp³-hybridized carbons (Fsp3) is 0.389. The Labute approximate surface area is 156 Å². The van der Waals surface area contributed by atoms with Crippen molar-refractivity contribution < 1.29 is 14.3 Å². The van der Waals surface area contributed by atoms with E-state index in [1.54, 1.807) is 6.92 Å². The van der Waals surface area contributed by atoms with Crippen LogP contribution < -0.4 is 10.6 Å². The third kappa shape index (κ3) is 4.80. The molecule has 1 aliphatic heterocycles. The average molecular weight is 374 g/mol. The first-order chi connectivity index (χ1) is 12.5. The monoisotopic (exact) mass is 374 g/mol. The lowest BCUT2D eigenvalue weighted by molar-refractivity contribution is -0.117. The minimum atomic E-state index is -0.493. The largest absolute Gasteiger partial charge is 0.450 e. The lowest BCUT2D eigenvalue weighted by atomic mass is 10.2. The van der Waals surface area contributed by atoms with E-state index in [0.29, 0.717) is 24.8 Å². The van der Waals surface area contributed by atoms with Crippen LogP contribution in [0.25, 0.3) is 0 Å². The molecule has 8 heteroatoms. The van der Waals surface area contributed by atoms with E-state index in [9.17, 15) is 9.59 Å². The second kappa shape index (κ2) is 8.29. The van der Waals surface area contributed by atoms with E-state index in [-0.39, 0.29) is 5.91 Å². The van der Waals surface area contributed by atoms with Crippen LogP contribution in [0.4, 0.5) is 15.6 Å². The first kappa shape index (κ1) is 18.3. The van der Waals surface area contributed by atoms with Crippen molar-refractivity contribution >= 4 is 34.2 Å². The van der Waals surface area contributed by atoms with Crippen molar-refractivity contribution in [2.45, 2.75) is 26.8 Å². The summed E-state index contributed by atoms with van der Waals surface area (Å²) in [4.78, 5) is 31.4. The van der Waals surface area contributed by atoms with Gasteiger partial charge in [-0.1, -0.05) is 23.5 Å². The maximum absolute atomic E-state index is 12.3. The number of aromatic nitrogens is 1. The first-order valence-electron chi connectivity index (χ1n) is 8.54. The Balaban J connectivity index is 1.55. The van der Waals surface area contributed by atoms with Gasteiger partial charge in [-0.3, -0.25) is 15.0 Å². The number of thiazole rings is 1. The highest BCUT2D eigenvalue weighted by molar-refractivity contribution is 7.15. The molecule has 3 rings (SSSR count). The standard InChI is InChI=1S/C18H22N4O3S/c1-3-25-18(24)21-17-20-14-7-8-22(10-15(14)26-17)11-16(23)19-13-6-4-5-12(2)9-13/h4-6,9H,3,7-8,10-11H2,1-2H3,(H,19,23)(H,20,21,24). The summed E-state index contributed by atoms with van der Waals surface area (Å²) in [6.07, 6.45) is 0.265. The van der Waals surface area contributed by atoms with Gasteiger partial charge in [-0.25, -0.2) is 9.78 Å². The third-order valence-electron chi connectivity index (χ3n) is 3.96. The molecule has 0 saturated heterocycles. The van der Waals surface area contributed by atoms with Crippen LogP contribution in [0.3, 0.4) is 0 Å². The van der Waals surface area contributed by atoms with Crippen molar-refractivity contribution in [1.29, 1.82) is 0 Å². The topological polar surface area (TPSA) is 83.6 Å². The smallest absolute Gasteiger partial charge is 0.413 e. The summed E-state index contributed by atoms with van der Waals surface area (Å²) in [5.74, 6) is -0.0339. The maximum atomic E-state index is 12.3. The molecule has 2 heterocycles. The van der Waals surface area contributed by atoms with E-state index in [1.165, 1.54) is 11.3 Å². The minimum absolute atomic E-state index is 0.0339. The van der Waals surface area contributed by atoms with Crippen molar-refractivity contribution in [2.24, 2.45) is 0 Å². The van der Waals surface area contributed by atoms with Gasteiger partial charge in [-0.05, 0) is 31.5 Å². The van der Waals surface area contributed by atoms with Gasteiger partial charge in [0.05, 0.1) is 18.8 Å². The Morgan fingerprint density at radius 2 is 2.19 bits per heavy atom. The number of hydrogen-bond donors (Lipinski definition) is 2. The molecule has 2 amide bonds. The number of nitrogens with zero attached hydrogens (tertiary/aromatic N) is 2. The molecule has 138 valence electrons. The lowest BCUT2D eigenvalue weighted by Gasteiger charge is -2.25. The number of rotatable bonds is 5. The second-order valence-corrected chi connectivity index (χ2v) is 7.20. The summed E-state index contributed by atoms with van der Waals surface area (Å²) in [5.41, 5.74) is 2.90. The van der Waals surface area contributed by atoms with E-state index in [0.717, 1.165) is 34.8 Å². The van der Waals surface area contributed by atoms with Gasteiger partial charge in [0.25, 0.3) is 0 Å². The molecule has 0 bridgehead atoms. The number of anilines is 2. The third-order valence-corrected chi connectivity index (χ3v) is 4.96. The maximum Gasteiger partial charge on any atom is 0.413 e. The van der Waals surface area contributed by atoms with Crippen LogP contribution in [-0.2, 0) is 22.5 Å². The summed E-state index contributed by atoms with van der Waals surface area (Å²) in [7, 11) is 0. The van der Waals surface area contributed by atoms with E-state index in [2.05, 4.69) is 20.5 Å². The Kier molecular flexibility index (Phi) is 5.85. The van der Waals surface area contributed by atoms with E-state index in [4.69, 9.17) is 4.74 Å². The van der Waals surface area contributed by atoms with E-state index >= 15 is 0 Å². The molecule has 0 atom stereocenters. The highest BCUT2D eigenvalue weighted by Gasteiger charge is 2.23. The van der Waals surface area contributed by atoms with E-state index in [1.807, 2.05) is 31.2 Å². The Hall–Kier alpha value is -2.45. The molecule has 0 unspecified atom stereocenters. The summed E-state index contributed by atoms with van der Waals surface area (Å²) in [6.45, 7) is 5.81. The van der Waals surface area contributed by atoms with Gasteiger partial charge in [-0.2, -0.15) is 0 Å². The summed E-state index contributed by atoms with van der Waals surface area (Å²) in [6, 6.07) is 7.75. The number of carbonyl (C=O) groups is 2. The van der Waals surface area contributed by atoms with Crippen molar-refractivity contribution in [2.75, 3.05) is 30.3 Å². The number of aryl methyl sites for hydroxylation is 1. The molecule has 0 fully saturated rings. The zero-order valence-electron chi connectivity index (χ0n) is 14.9. The fourth-order valence-electron chi connectivity index (χ4n) is 2.82. The van der Waals surface area contributed by atoms with Crippen LogP contribution in [0.5, 0.6) is 0 Å². The van der Waals surface area contributed by atoms with Gasteiger partial charge in [0.15, 0.2) is 5.13 Å². The number of fused-ring (bicyclic) bond motifs is 1. The lowest BCUT2D eigenvalue weighted by Crippen LogP contribution is -2.36. The molecule has 0 saturated carbocycles. The van der Waals surface area contributed by atoms with Gasteiger partial charge in [0.1, 0.15) is 0 Å². The second-order valence-electron chi connectivity index (χ2n) is 6.11. The molecule has 1 aromatic carbocycles. The number of carbonyl (C=O) groups excluding carboxylic acids is 2. The molecular formula is C18H22N4O3S. The van der Waals surface area contributed by atoms with Crippen molar-refractivity contribution in [3.8, 4) is 0 Å². The average Bonchev–Trinajstić information content (AvgIpc) is 2.96. The molecule has 26 heavy (non-hydrogen) atoms. The molecular weight excluding hydrogens is 352 g/mol. The number of benzene rings is 1. The molecule has 0 aliphatic carbocycles. The van der Waals surface area contributed by atoms with Crippen LogP contribution in [-0.4, -0.2) is 41.6 Å². The number of hydrogen-bond acceptors (Lipinski definition) is 6. The van der Waals surface area contributed by atoms with Gasteiger partial charge in [0.2, 0.25) is 5.91 Å². The van der Waals surface area contributed by atoms with Crippen LogP contribution >= 0.6 is 11.3 Å². The predicted molar refractivity (Wildman–Crippen MR) is 102 cm³/mol. The molecule has 1 aliphatic rings. The van der Waals surface area contributed by atoms with Gasteiger partial charge >= 0.3 is 6.09 Å². The number of amides is 2. The van der Waals surface area contributed by atoms with Gasteiger partial charge in [-0.15, -0.1) is 0 Å². The predicted octanol–water partition coefficient (Wildman–Crippen LogP) is 3.02. The van der Waals surface area contributed by atoms with Crippen LogP contribution in [0.1, 0.15) is 23.1 Å². The van der Waals surface area contributed by atoms with Gasteiger partial charge in [0, 0.05) is 30.1 Å². The number of nitrogens with one attached hydrogen (secondary N) is 2. The molecule has 7 nitrogen and oxygen atoms in total. The summed E-state index contributed by atoms with van der Waals surface area (Å²) < 4.78 is 4.87. The quantitative estimate of drug-likeness (QED) is 0.840. The normalized spacial score (nSPS) is 13.8. The zero-order valence-corrected chi connectivity index (χ0v) is 15.7. The number of ether oxygens (including phenoxy) is 1. The molecule has 1 aromatic heterocycles. The Morgan fingerprint density at radius 3 is 2.96 bits per heavy atom. The zero-order chi connectivity index (χ0) is 18.5. The van der Waals surface area contributed by atoms with Crippen molar-refractivity contribution in [3.05, 3.63) is 40.4 Å². The molecule has 0 spiro atoms.